The molecule has 0 rings (SSSR count). The molecule has 3 heteroatoms. The second kappa shape index (κ2) is 3.99. The first-order chi connectivity index (χ1) is 3.31. The standard InChI is InChI=1S/C4H7F2O/c1-2-7-4(6)3-5/h4H,1-3H2. The van der Waals surface area contributed by atoms with Crippen molar-refractivity contribution in [2.24, 2.45) is 0 Å². The molecule has 7 heavy (non-hydrogen) atoms. The molecular weight excluding hydrogens is 102 g/mol. The maximum Gasteiger partial charge on any atom is 0.227 e. The van der Waals surface area contributed by atoms with Gasteiger partial charge in [-0.15, -0.1) is 0 Å². The summed E-state index contributed by atoms with van der Waals surface area (Å²) in [6.45, 7) is 2.03. The van der Waals surface area contributed by atoms with Crippen LogP contribution in [0.1, 0.15) is 0 Å². The van der Waals surface area contributed by atoms with Gasteiger partial charge in [0.15, 0.2) is 0 Å². The van der Waals surface area contributed by atoms with Gasteiger partial charge in [0.2, 0.25) is 6.36 Å². The van der Waals surface area contributed by atoms with Gasteiger partial charge in [-0.2, -0.15) is 0 Å². The summed E-state index contributed by atoms with van der Waals surface area (Å²) in [4.78, 5) is 0. The largest absolute Gasteiger partial charge is 0.346 e. The topological polar surface area (TPSA) is 9.23 Å². The SMILES string of the molecule is [CH2]COC(F)CF. The minimum absolute atomic E-state index is 0.0227. The van der Waals surface area contributed by atoms with E-state index in [1.165, 1.54) is 0 Å². The monoisotopic (exact) mass is 109 g/mol. The Labute approximate surface area is 41.3 Å². The van der Waals surface area contributed by atoms with E-state index < -0.39 is 13.0 Å². The van der Waals surface area contributed by atoms with E-state index >= 15 is 0 Å². The molecule has 1 nitrogen and oxygen atoms in total. The van der Waals surface area contributed by atoms with Crippen LogP contribution < -0.4 is 0 Å². The number of rotatable bonds is 3. The van der Waals surface area contributed by atoms with Gasteiger partial charge in [0, 0.05) is 0 Å². The predicted octanol–water partition coefficient (Wildman–Crippen LogP) is 1.10. The van der Waals surface area contributed by atoms with Crippen LogP contribution in [-0.2, 0) is 4.74 Å². The van der Waals surface area contributed by atoms with Gasteiger partial charge in [0.1, 0.15) is 6.67 Å². The molecule has 0 aliphatic carbocycles. The lowest BCUT2D eigenvalue weighted by Crippen LogP contribution is -2.07. The second-order valence-electron chi connectivity index (χ2n) is 0.935. The molecule has 0 aromatic carbocycles. The average Bonchev–Trinajstić information content (AvgIpc) is 1.68. The van der Waals surface area contributed by atoms with E-state index in [9.17, 15) is 8.78 Å². The quantitative estimate of drug-likeness (QED) is 0.527. The fraction of sp³-hybridized carbons (Fsp3) is 0.750. The molecule has 0 saturated heterocycles. The molecule has 0 spiro atoms. The molecule has 0 amide bonds. The maximum atomic E-state index is 11.5. The Hall–Kier alpha value is -0.180. The molecule has 0 aliphatic rings. The minimum Gasteiger partial charge on any atom is -0.346 e. The van der Waals surface area contributed by atoms with Crippen molar-refractivity contribution in [1.29, 1.82) is 0 Å². The summed E-state index contributed by atoms with van der Waals surface area (Å²) in [6.07, 6.45) is -1.78. The second-order valence-corrected chi connectivity index (χ2v) is 0.935. The molecule has 0 aromatic heterocycles. The van der Waals surface area contributed by atoms with Crippen molar-refractivity contribution in [3.8, 4) is 0 Å². The minimum atomic E-state index is -1.78. The van der Waals surface area contributed by atoms with Crippen LogP contribution >= 0.6 is 0 Å². The average molecular weight is 109 g/mol. The first kappa shape index (κ1) is 6.82. The third-order valence-corrected chi connectivity index (χ3v) is 0.420. The van der Waals surface area contributed by atoms with E-state index in [0.717, 1.165) is 0 Å². The predicted molar refractivity (Wildman–Crippen MR) is 22.2 cm³/mol. The third-order valence-electron chi connectivity index (χ3n) is 0.420. The summed E-state index contributed by atoms with van der Waals surface area (Å²) < 4.78 is 26.6. The van der Waals surface area contributed by atoms with Gasteiger partial charge < -0.3 is 4.74 Å². The number of alkyl halides is 2. The Morgan fingerprint density at radius 1 is 1.71 bits per heavy atom. The zero-order chi connectivity index (χ0) is 5.70. The third kappa shape index (κ3) is 3.66. The Bertz CT molecular complexity index is 40.7. The normalized spacial score (nSPS) is 14.1. The van der Waals surface area contributed by atoms with Crippen LogP contribution in [0.4, 0.5) is 8.78 Å². The zero-order valence-corrected chi connectivity index (χ0v) is 3.86. The van der Waals surface area contributed by atoms with E-state index in [4.69, 9.17) is 0 Å². The number of hydrogen-bond donors (Lipinski definition) is 0. The molecule has 0 aromatic rings. The molecule has 1 unspecified atom stereocenters. The van der Waals surface area contributed by atoms with Gasteiger partial charge in [-0.25, -0.2) is 8.78 Å². The molecule has 0 heterocycles. The Kier molecular flexibility index (Phi) is 3.89. The van der Waals surface area contributed by atoms with Crippen molar-refractivity contribution in [2.45, 2.75) is 6.36 Å². The Morgan fingerprint density at radius 2 is 2.29 bits per heavy atom. The lowest BCUT2D eigenvalue weighted by Gasteiger charge is -1.99. The smallest absolute Gasteiger partial charge is 0.227 e. The fourth-order valence-electron chi connectivity index (χ4n) is 0.172. The first-order valence-corrected chi connectivity index (χ1v) is 1.92. The van der Waals surface area contributed by atoms with Crippen molar-refractivity contribution in [3.63, 3.8) is 0 Å². The van der Waals surface area contributed by atoms with Gasteiger partial charge in [0.25, 0.3) is 0 Å². The number of halogens is 2. The van der Waals surface area contributed by atoms with E-state index in [-0.39, 0.29) is 6.61 Å². The summed E-state index contributed by atoms with van der Waals surface area (Å²) in [5.74, 6) is 0. The molecule has 0 N–H and O–H groups in total. The van der Waals surface area contributed by atoms with Crippen LogP contribution in [0.3, 0.4) is 0 Å². The van der Waals surface area contributed by atoms with Crippen molar-refractivity contribution in [2.75, 3.05) is 13.3 Å². The van der Waals surface area contributed by atoms with E-state index in [0.29, 0.717) is 0 Å². The molecule has 0 saturated carbocycles. The Morgan fingerprint density at radius 3 is 2.43 bits per heavy atom. The molecule has 0 fully saturated rings. The molecule has 1 atom stereocenters. The molecule has 43 valence electrons. The molecule has 1 radical (unpaired) electrons. The van der Waals surface area contributed by atoms with Gasteiger partial charge in [0.05, 0.1) is 6.61 Å². The van der Waals surface area contributed by atoms with Crippen LogP contribution in [0.2, 0.25) is 0 Å². The van der Waals surface area contributed by atoms with Crippen molar-refractivity contribution < 1.29 is 13.5 Å². The summed E-state index contributed by atoms with van der Waals surface area (Å²) in [6, 6.07) is 0. The molecule has 0 bridgehead atoms. The van der Waals surface area contributed by atoms with Crippen molar-refractivity contribution in [3.05, 3.63) is 6.92 Å². The van der Waals surface area contributed by atoms with Gasteiger partial charge in [-0.1, -0.05) is 0 Å². The van der Waals surface area contributed by atoms with Crippen molar-refractivity contribution in [1.82, 2.24) is 0 Å². The molecular formula is C4H7F2O. The highest BCUT2D eigenvalue weighted by molar-refractivity contribution is 4.36. The molecule has 0 aliphatic heterocycles. The van der Waals surface area contributed by atoms with E-state index in [1.807, 2.05) is 0 Å². The lowest BCUT2D eigenvalue weighted by atomic mass is 10.7. The highest BCUT2D eigenvalue weighted by atomic mass is 19.2. The van der Waals surface area contributed by atoms with Crippen LogP contribution in [0.5, 0.6) is 0 Å². The highest BCUT2D eigenvalue weighted by Gasteiger charge is 2.00. The van der Waals surface area contributed by atoms with Crippen molar-refractivity contribution >= 4 is 0 Å². The van der Waals surface area contributed by atoms with Crippen LogP contribution in [-0.4, -0.2) is 19.6 Å². The van der Waals surface area contributed by atoms with Gasteiger partial charge in [-0.05, 0) is 6.92 Å². The maximum absolute atomic E-state index is 11.5. The van der Waals surface area contributed by atoms with E-state index in [1.54, 1.807) is 0 Å². The van der Waals surface area contributed by atoms with Gasteiger partial charge in [-0.3, -0.25) is 0 Å². The van der Waals surface area contributed by atoms with Crippen LogP contribution in [0, 0.1) is 6.92 Å². The van der Waals surface area contributed by atoms with E-state index in [2.05, 4.69) is 11.7 Å². The van der Waals surface area contributed by atoms with Crippen LogP contribution in [0.25, 0.3) is 0 Å². The Balaban J connectivity index is 2.83. The zero-order valence-electron chi connectivity index (χ0n) is 3.86. The number of hydrogen-bond acceptors (Lipinski definition) is 1. The number of ether oxygens (including phenoxy) is 1. The summed E-state index contributed by atoms with van der Waals surface area (Å²) in [5.41, 5.74) is 0. The first-order valence-electron chi connectivity index (χ1n) is 1.92. The summed E-state index contributed by atoms with van der Waals surface area (Å²) in [5, 5.41) is 0. The summed E-state index contributed by atoms with van der Waals surface area (Å²) in [7, 11) is 0. The van der Waals surface area contributed by atoms with Crippen LogP contribution in [0.15, 0.2) is 0 Å². The summed E-state index contributed by atoms with van der Waals surface area (Å²) >= 11 is 0. The lowest BCUT2D eigenvalue weighted by molar-refractivity contribution is -0.0398. The fourth-order valence-corrected chi connectivity index (χ4v) is 0.172. The van der Waals surface area contributed by atoms with Gasteiger partial charge >= 0.3 is 0 Å². The highest BCUT2D eigenvalue weighted by Crippen LogP contribution is 1.91.